The molecular formula is C15H20BrNO2. The highest BCUT2D eigenvalue weighted by molar-refractivity contribution is 9.10. The van der Waals surface area contributed by atoms with E-state index in [0.29, 0.717) is 6.61 Å². The Hall–Kier alpha value is -1.29. The third-order valence-corrected chi connectivity index (χ3v) is 3.25. The lowest BCUT2D eigenvalue weighted by Crippen LogP contribution is -2.28. The lowest BCUT2D eigenvalue weighted by molar-refractivity contribution is -0.125. The van der Waals surface area contributed by atoms with E-state index in [2.05, 4.69) is 15.9 Å². The number of hydrogen-bond acceptors (Lipinski definition) is 2. The maximum Gasteiger partial charge on any atom is 0.246 e. The summed E-state index contributed by atoms with van der Waals surface area (Å²) in [7, 11) is 0. The number of rotatable bonds is 6. The van der Waals surface area contributed by atoms with Gasteiger partial charge in [-0.1, -0.05) is 15.9 Å². The average Bonchev–Trinajstić information content (AvgIpc) is 2.40. The summed E-state index contributed by atoms with van der Waals surface area (Å²) in [5.74, 6) is 0.807. The van der Waals surface area contributed by atoms with E-state index in [1.165, 1.54) is 0 Å². The summed E-state index contributed by atoms with van der Waals surface area (Å²) in [5, 5.41) is 0. The Labute approximate surface area is 123 Å². The summed E-state index contributed by atoms with van der Waals surface area (Å²) in [4.78, 5) is 13.7. The largest absolute Gasteiger partial charge is 0.493 e. The fourth-order valence-corrected chi connectivity index (χ4v) is 2.12. The van der Waals surface area contributed by atoms with E-state index in [9.17, 15) is 4.79 Å². The highest BCUT2D eigenvalue weighted by Crippen LogP contribution is 2.24. The Kier molecular flexibility index (Phi) is 6.64. The number of likely N-dealkylation sites (N-methyl/N-ethyl adjacent to an activating group) is 1. The zero-order chi connectivity index (χ0) is 14.3. The van der Waals surface area contributed by atoms with Crippen molar-refractivity contribution in [2.24, 2.45) is 0 Å². The van der Waals surface area contributed by atoms with Gasteiger partial charge < -0.3 is 9.64 Å². The minimum atomic E-state index is 0.0208. The first kappa shape index (κ1) is 15.8. The number of benzene rings is 1. The van der Waals surface area contributed by atoms with Crippen LogP contribution in [0.1, 0.15) is 26.3 Å². The number of hydrogen-bond donors (Lipinski definition) is 0. The van der Waals surface area contributed by atoms with E-state index in [1.807, 2.05) is 39.0 Å². The molecule has 0 aliphatic rings. The third-order valence-electron chi connectivity index (χ3n) is 2.75. The zero-order valence-corrected chi connectivity index (χ0v) is 13.2. The monoisotopic (exact) mass is 325 g/mol. The van der Waals surface area contributed by atoms with Crippen LogP contribution in [-0.2, 0) is 4.79 Å². The second-order valence-electron chi connectivity index (χ2n) is 3.96. The van der Waals surface area contributed by atoms with Crippen LogP contribution in [0, 0.1) is 0 Å². The molecule has 4 heteroatoms. The molecule has 0 spiro atoms. The third kappa shape index (κ3) is 4.71. The minimum absolute atomic E-state index is 0.0208. The van der Waals surface area contributed by atoms with Gasteiger partial charge in [-0.25, -0.2) is 0 Å². The van der Waals surface area contributed by atoms with Gasteiger partial charge in [0.2, 0.25) is 5.91 Å². The van der Waals surface area contributed by atoms with Gasteiger partial charge in [-0.15, -0.1) is 0 Å². The van der Waals surface area contributed by atoms with Gasteiger partial charge in [0, 0.05) is 29.2 Å². The number of ether oxygens (including phenoxy) is 1. The summed E-state index contributed by atoms with van der Waals surface area (Å²) in [5.41, 5.74) is 0.900. The zero-order valence-electron chi connectivity index (χ0n) is 11.6. The van der Waals surface area contributed by atoms with Crippen molar-refractivity contribution < 1.29 is 9.53 Å². The van der Waals surface area contributed by atoms with Crippen LogP contribution in [-0.4, -0.2) is 30.5 Å². The molecule has 0 heterocycles. The van der Waals surface area contributed by atoms with Crippen LogP contribution < -0.4 is 4.74 Å². The number of carbonyl (C=O) groups is 1. The maximum atomic E-state index is 11.9. The van der Waals surface area contributed by atoms with Gasteiger partial charge in [0.1, 0.15) is 5.75 Å². The molecule has 19 heavy (non-hydrogen) atoms. The first-order valence-electron chi connectivity index (χ1n) is 6.51. The van der Waals surface area contributed by atoms with E-state index < -0.39 is 0 Å². The second-order valence-corrected chi connectivity index (χ2v) is 4.87. The Bertz CT molecular complexity index is 453. The van der Waals surface area contributed by atoms with Crippen molar-refractivity contribution in [2.75, 3.05) is 19.7 Å². The van der Waals surface area contributed by atoms with Gasteiger partial charge in [0.15, 0.2) is 0 Å². The van der Waals surface area contributed by atoms with Gasteiger partial charge in [-0.3, -0.25) is 4.79 Å². The van der Waals surface area contributed by atoms with Crippen LogP contribution in [0.15, 0.2) is 28.7 Å². The topological polar surface area (TPSA) is 29.5 Å². The molecule has 1 rings (SSSR count). The van der Waals surface area contributed by atoms with Gasteiger partial charge in [0.25, 0.3) is 0 Å². The highest BCUT2D eigenvalue weighted by atomic mass is 79.9. The van der Waals surface area contributed by atoms with Crippen molar-refractivity contribution in [1.29, 1.82) is 0 Å². The molecule has 0 aliphatic heterocycles. The first-order valence-corrected chi connectivity index (χ1v) is 7.31. The predicted octanol–water partition coefficient (Wildman–Crippen LogP) is 3.73. The molecule has 104 valence electrons. The van der Waals surface area contributed by atoms with Crippen LogP contribution >= 0.6 is 15.9 Å². The summed E-state index contributed by atoms with van der Waals surface area (Å²) < 4.78 is 6.50. The SMILES string of the molecule is CCOc1ccc(Br)cc1/C=C/C(=O)N(CC)CC. The van der Waals surface area contributed by atoms with Crippen molar-refractivity contribution in [2.45, 2.75) is 20.8 Å². The molecule has 0 bridgehead atoms. The van der Waals surface area contributed by atoms with Gasteiger partial charge in [-0.05, 0) is 45.0 Å². The van der Waals surface area contributed by atoms with E-state index in [0.717, 1.165) is 28.9 Å². The highest BCUT2D eigenvalue weighted by Gasteiger charge is 2.06. The van der Waals surface area contributed by atoms with E-state index in [4.69, 9.17) is 4.74 Å². The van der Waals surface area contributed by atoms with E-state index in [1.54, 1.807) is 17.1 Å². The van der Waals surface area contributed by atoms with Crippen LogP contribution in [0.4, 0.5) is 0 Å². The van der Waals surface area contributed by atoms with Gasteiger partial charge in [0.05, 0.1) is 6.61 Å². The van der Waals surface area contributed by atoms with E-state index >= 15 is 0 Å². The Morgan fingerprint density at radius 2 is 2.00 bits per heavy atom. The Balaban J connectivity index is 2.91. The van der Waals surface area contributed by atoms with Crippen molar-refractivity contribution in [3.8, 4) is 5.75 Å². The van der Waals surface area contributed by atoms with Crippen molar-refractivity contribution in [3.63, 3.8) is 0 Å². The molecule has 1 aromatic carbocycles. The number of halogens is 1. The summed E-state index contributed by atoms with van der Waals surface area (Å²) in [6.07, 6.45) is 3.40. The van der Waals surface area contributed by atoms with E-state index in [-0.39, 0.29) is 5.91 Å². The lowest BCUT2D eigenvalue weighted by Gasteiger charge is -2.16. The molecule has 1 aromatic rings. The molecule has 0 aromatic heterocycles. The normalized spacial score (nSPS) is 10.7. The smallest absolute Gasteiger partial charge is 0.246 e. The van der Waals surface area contributed by atoms with Gasteiger partial charge in [-0.2, -0.15) is 0 Å². The molecule has 0 radical (unpaired) electrons. The Morgan fingerprint density at radius 1 is 1.32 bits per heavy atom. The molecule has 3 nitrogen and oxygen atoms in total. The first-order chi connectivity index (χ1) is 9.12. The van der Waals surface area contributed by atoms with Crippen LogP contribution in [0.25, 0.3) is 6.08 Å². The molecule has 0 aliphatic carbocycles. The summed E-state index contributed by atoms with van der Waals surface area (Å²) in [6, 6.07) is 5.76. The Morgan fingerprint density at radius 3 is 2.58 bits per heavy atom. The quantitative estimate of drug-likeness (QED) is 0.746. The molecule has 0 N–H and O–H groups in total. The minimum Gasteiger partial charge on any atom is -0.493 e. The van der Waals surface area contributed by atoms with Crippen LogP contribution in [0.2, 0.25) is 0 Å². The summed E-state index contributed by atoms with van der Waals surface area (Å²) >= 11 is 3.43. The molecular weight excluding hydrogens is 306 g/mol. The molecule has 0 fully saturated rings. The predicted molar refractivity (Wildman–Crippen MR) is 82.3 cm³/mol. The van der Waals surface area contributed by atoms with Crippen LogP contribution in [0.3, 0.4) is 0 Å². The maximum absolute atomic E-state index is 11.9. The second kappa shape index (κ2) is 8.00. The average molecular weight is 326 g/mol. The lowest BCUT2D eigenvalue weighted by atomic mass is 10.2. The van der Waals surface area contributed by atoms with Crippen LogP contribution in [0.5, 0.6) is 5.75 Å². The number of nitrogens with zero attached hydrogens (tertiary/aromatic N) is 1. The molecule has 0 atom stereocenters. The fraction of sp³-hybridized carbons (Fsp3) is 0.400. The summed E-state index contributed by atoms with van der Waals surface area (Å²) in [6.45, 7) is 7.93. The molecule has 0 saturated heterocycles. The molecule has 0 saturated carbocycles. The van der Waals surface area contributed by atoms with Crippen molar-refractivity contribution >= 4 is 27.9 Å². The number of amides is 1. The van der Waals surface area contributed by atoms with Crippen molar-refractivity contribution in [3.05, 3.63) is 34.3 Å². The molecule has 0 unspecified atom stereocenters. The molecule has 1 amide bonds. The van der Waals surface area contributed by atoms with Gasteiger partial charge >= 0.3 is 0 Å². The standard InChI is InChI=1S/C15H20BrNO2/c1-4-17(5-2)15(18)10-7-12-11-13(16)8-9-14(12)19-6-3/h7-11H,4-6H2,1-3H3/b10-7+. The fourth-order valence-electron chi connectivity index (χ4n) is 1.74. The number of carbonyl (C=O) groups excluding carboxylic acids is 1. The van der Waals surface area contributed by atoms with Crippen molar-refractivity contribution in [1.82, 2.24) is 4.90 Å².